The third-order valence-electron chi connectivity index (χ3n) is 4.88. The van der Waals surface area contributed by atoms with Crippen LogP contribution in [-0.2, 0) is 17.5 Å². The molecule has 1 aromatic carbocycles. The molecule has 3 heterocycles. The molecule has 7 nitrogen and oxygen atoms in total. The molecule has 1 saturated heterocycles. The van der Waals surface area contributed by atoms with Crippen molar-refractivity contribution in [3.63, 3.8) is 0 Å². The summed E-state index contributed by atoms with van der Waals surface area (Å²) in [5.74, 6) is 0.160. The molecule has 12 heteroatoms. The Hall–Kier alpha value is -2.60. The number of anilines is 1. The van der Waals surface area contributed by atoms with Crippen molar-refractivity contribution in [1.82, 2.24) is 25.1 Å². The third kappa shape index (κ3) is 5.37. The van der Waals surface area contributed by atoms with Crippen molar-refractivity contribution < 1.29 is 18.0 Å². The van der Waals surface area contributed by atoms with Crippen molar-refractivity contribution in [1.29, 1.82) is 0 Å². The van der Waals surface area contributed by atoms with Crippen molar-refractivity contribution >= 4 is 34.7 Å². The van der Waals surface area contributed by atoms with E-state index in [4.69, 9.17) is 0 Å². The SMILES string of the molecule is O=C(CSc1nnnn1Cc1cccs1)N1CCN(c2cccc(C(F)(F)F)c2)CC1. The zero-order valence-electron chi connectivity index (χ0n) is 16.3. The molecule has 0 aliphatic carbocycles. The minimum absolute atomic E-state index is 0.0423. The number of thioether (sulfide) groups is 1. The molecule has 0 saturated carbocycles. The van der Waals surface area contributed by atoms with Crippen LogP contribution in [0, 0.1) is 0 Å². The van der Waals surface area contributed by atoms with Crippen LogP contribution in [0.25, 0.3) is 0 Å². The van der Waals surface area contributed by atoms with Crippen molar-refractivity contribution in [3.05, 3.63) is 52.2 Å². The van der Waals surface area contributed by atoms with E-state index < -0.39 is 11.7 Å². The second kappa shape index (κ2) is 9.27. The summed E-state index contributed by atoms with van der Waals surface area (Å²) < 4.78 is 40.5. The van der Waals surface area contributed by atoms with Gasteiger partial charge in [0.1, 0.15) is 0 Å². The van der Waals surface area contributed by atoms with E-state index in [1.54, 1.807) is 27.0 Å². The summed E-state index contributed by atoms with van der Waals surface area (Å²) in [6.07, 6.45) is -4.37. The van der Waals surface area contributed by atoms with Gasteiger partial charge in [-0.25, -0.2) is 4.68 Å². The fourth-order valence-corrected chi connectivity index (χ4v) is 4.73. The Morgan fingerprint density at radius 2 is 1.94 bits per heavy atom. The van der Waals surface area contributed by atoms with Crippen LogP contribution in [0.5, 0.6) is 0 Å². The molecule has 164 valence electrons. The Labute approximate surface area is 184 Å². The average Bonchev–Trinajstić information content (AvgIpc) is 3.44. The van der Waals surface area contributed by atoms with Crippen LogP contribution in [0.2, 0.25) is 0 Å². The van der Waals surface area contributed by atoms with Crippen LogP contribution >= 0.6 is 23.1 Å². The first-order valence-electron chi connectivity index (χ1n) is 9.51. The number of carbonyl (C=O) groups is 1. The number of thiophene rings is 1. The summed E-state index contributed by atoms with van der Waals surface area (Å²) >= 11 is 2.89. The zero-order chi connectivity index (χ0) is 21.8. The second-order valence-electron chi connectivity index (χ2n) is 6.90. The molecule has 1 fully saturated rings. The Balaban J connectivity index is 1.29. The van der Waals surface area contributed by atoms with Crippen LogP contribution in [0.1, 0.15) is 10.4 Å². The van der Waals surface area contributed by atoms with Gasteiger partial charge in [-0.15, -0.1) is 16.4 Å². The Kier molecular flexibility index (Phi) is 6.46. The van der Waals surface area contributed by atoms with Gasteiger partial charge in [-0.05, 0) is 40.1 Å². The van der Waals surface area contributed by atoms with Gasteiger partial charge in [0.2, 0.25) is 11.1 Å². The number of aromatic nitrogens is 4. The van der Waals surface area contributed by atoms with Crippen LogP contribution in [-0.4, -0.2) is 62.9 Å². The summed E-state index contributed by atoms with van der Waals surface area (Å²) in [6, 6.07) is 9.24. The second-order valence-corrected chi connectivity index (χ2v) is 8.88. The number of tetrazole rings is 1. The smallest absolute Gasteiger partial charge is 0.368 e. The number of hydrogen-bond acceptors (Lipinski definition) is 7. The molecule has 0 bridgehead atoms. The number of benzene rings is 1. The van der Waals surface area contributed by atoms with Crippen molar-refractivity contribution in [2.75, 3.05) is 36.8 Å². The Bertz CT molecular complexity index is 1020. The molecular weight excluding hydrogens is 449 g/mol. The van der Waals surface area contributed by atoms with E-state index in [0.29, 0.717) is 43.6 Å². The molecule has 1 amide bonds. The Morgan fingerprint density at radius 3 is 2.65 bits per heavy atom. The summed E-state index contributed by atoms with van der Waals surface area (Å²) in [4.78, 5) is 17.3. The highest BCUT2D eigenvalue weighted by molar-refractivity contribution is 7.99. The lowest BCUT2D eigenvalue weighted by Gasteiger charge is -2.36. The number of halogens is 3. The van der Waals surface area contributed by atoms with E-state index in [0.717, 1.165) is 17.0 Å². The van der Waals surface area contributed by atoms with Crippen LogP contribution < -0.4 is 4.90 Å². The highest BCUT2D eigenvalue weighted by Gasteiger charge is 2.31. The minimum atomic E-state index is -4.37. The lowest BCUT2D eigenvalue weighted by Crippen LogP contribution is -2.49. The van der Waals surface area contributed by atoms with E-state index in [9.17, 15) is 18.0 Å². The molecule has 1 aliphatic rings. The van der Waals surface area contributed by atoms with Gasteiger partial charge in [0, 0.05) is 36.7 Å². The zero-order valence-corrected chi connectivity index (χ0v) is 18.0. The fourth-order valence-electron chi connectivity index (χ4n) is 3.26. The molecular formula is C19H19F3N6OS2. The molecule has 0 spiro atoms. The summed E-state index contributed by atoms with van der Waals surface area (Å²) in [5, 5.41) is 14.2. The number of rotatable bonds is 6. The van der Waals surface area contributed by atoms with E-state index in [2.05, 4.69) is 15.5 Å². The van der Waals surface area contributed by atoms with Gasteiger partial charge < -0.3 is 9.80 Å². The largest absolute Gasteiger partial charge is 0.416 e. The number of carbonyl (C=O) groups excluding carboxylic acids is 1. The van der Waals surface area contributed by atoms with Gasteiger partial charge in [-0.1, -0.05) is 23.9 Å². The first-order valence-corrected chi connectivity index (χ1v) is 11.4. The van der Waals surface area contributed by atoms with Gasteiger partial charge in [-0.2, -0.15) is 13.2 Å². The lowest BCUT2D eigenvalue weighted by molar-refractivity contribution is -0.137. The minimum Gasteiger partial charge on any atom is -0.368 e. The molecule has 0 N–H and O–H groups in total. The predicted octanol–water partition coefficient (Wildman–Crippen LogP) is 3.24. The van der Waals surface area contributed by atoms with Crippen LogP contribution in [0.4, 0.5) is 18.9 Å². The predicted molar refractivity (Wildman–Crippen MR) is 112 cm³/mol. The third-order valence-corrected chi connectivity index (χ3v) is 6.68. The molecule has 31 heavy (non-hydrogen) atoms. The van der Waals surface area contributed by atoms with Gasteiger partial charge in [0.25, 0.3) is 0 Å². The van der Waals surface area contributed by atoms with Crippen LogP contribution in [0.3, 0.4) is 0 Å². The van der Waals surface area contributed by atoms with Crippen molar-refractivity contribution in [2.24, 2.45) is 0 Å². The number of amides is 1. The Morgan fingerprint density at radius 1 is 1.13 bits per heavy atom. The van der Waals surface area contributed by atoms with E-state index in [1.165, 1.54) is 17.8 Å². The monoisotopic (exact) mass is 468 g/mol. The standard InChI is InChI=1S/C19H19F3N6OS2/c20-19(21,22)14-3-1-4-15(11-14)26-6-8-27(9-7-26)17(29)13-31-18-23-24-25-28(18)12-16-5-2-10-30-16/h1-5,10-11H,6-9,12-13H2. The fraction of sp³-hybridized carbons (Fsp3) is 0.368. The first kappa shape index (κ1) is 21.6. The quantitative estimate of drug-likeness (QED) is 0.518. The maximum atomic E-state index is 12.9. The maximum absolute atomic E-state index is 12.9. The normalized spacial score (nSPS) is 14.8. The van der Waals surface area contributed by atoms with E-state index in [1.807, 2.05) is 22.4 Å². The number of nitrogens with zero attached hydrogens (tertiary/aromatic N) is 6. The highest BCUT2D eigenvalue weighted by atomic mass is 32.2. The van der Waals surface area contributed by atoms with Gasteiger partial charge in [0.15, 0.2) is 0 Å². The lowest BCUT2D eigenvalue weighted by atomic mass is 10.1. The first-order chi connectivity index (χ1) is 14.9. The van der Waals surface area contributed by atoms with E-state index in [-0.39, 0.29) is 11.7 Å². The van der Waals surface area contributed by atoms with Crippen LogP contribution in [0.15, 0.2) is 46.9 Å². The molecule has 0 unspecified atom stereocenters. The molecule has 0 radical (unpaired) electrons. The van der Waals surface area contributed by atoms with Gasteiger partial charge >= 0.3 is 6.18 Å². The molecule has 2 aromatic heterocycles. The number of piperazine rings is 1. The summed E-state index contributed by atoms with van der Waals surface area (Å²) in [6.45, 7) is 2.42. The topological polar surface area (TPSA) is 67.2 Å². The average molecular weight is 469 g/mol. The maximum Gasteiger partial charge on any atom is 0.416 e. The number of alkyl halides is 3. The van der Waals surface area contributed by atoms with Crippen molar-refractivity contribution in [2.45, 2.75) is 17.9 Å². The molecule has 0 atom stereocenters. The summed E-state index contributed by atoms with van der Waals surface area (Å²) in [5.41, 5.74) is -0.149. The molecule has 1 aliphatic heterocycles. The molecule has 4 rings (SSSR count). The van der Waals surface area contributed by atoms with E-state index >= 15 is 0 Å². The van der Waals surface area contributed by atoms with Crippen molar-refractivity contribution in [3.8, 4) is 0 Å². The molecule has 3 aromatic rings. The van der Waals surface area contributed by atoms with Gasteiger partial charge in [-0.3, -0.25) is 4.79 Å². The number of hydrogen-bond donors (Lipinski definition) is 0. The summed E-state index contributed by atoms with van der Waals surface area (Å²) in [7, 11) is 0. The highest BCUT2D eigenvalue weighted by Crippen LogP contribution is 2.32. The van der Waals surface area contributed by atoms with Gasteiger partial charge in [0.05, 0.1) is 17.9 Å².